The van der Waals surface area contributed by atoms with Gasteiger partial charge in [-0.1, -0.05) is 41.4 Å². The monoisotopic (exact) mass is 321 g/mol. The van der Waals surface area contributed by atoms with Crippen LogP contribution in [0.15, 0.2) is 42.5 Å². The van der Waals surface area contributed by atoms with Crippen LogP contribution >= 0.6 is 11.6 Å². The SMILES string of the molecule is Cc1ccc(CC(=O)NCCOc2ccc(F)cc2Cl)cc1. The maximum atomic E-state index is 12.9. The van der Waals surface area contributed by atoms with Crippen LogP contribution in [0.2, 0.25) is 5.02 Å². The lowest BCUT2D eigenvalue weighted by molar-refractivity contribution is -0.120. The van der Waals surface area contributed by atoms with Crippen molar-refractivity contribution in [2.45, 2.75) is 13.3 Å². The second kappa shape index (κ2) is 7.80. The lowest BCUT2D eigenvalue weighted by Crippen LogP contribution is -2.29. The van der Waals surface area contributed by atoms with E-state index in [9.17, 15) is 9.18 Å². The molecule has 0 aliphatic heterocycles. The molecule has 0 atom stereocenters. The zero-order valence-corrected chi connectivity index (χ0v) is 13.0. The molecule has 1 amide bonds. The van der Waals surface area contributed by atoms with Crippen LogP contribution in [0.1, 0.15) is 11.1 Å². The topological polar surface area (TPSA) is 38.3 Å². The third kappa shape index (κ3) is 5.04. The van der Waals surface area contributed by atoms with Crippen molar-refractivity contribution in [2.75, 3.05) is 13.2 Å². The number of halogens is 2. The summed E-state index contributed by atoms with van der Waals surface area (Å²) < 4.78 is 18.3. The molecule has 0 heterocycles. The van der Waals surface area contributed by atoms with Crippen molar-refractivity contribution in [1.29, 1.82) is 0 Å². The summed E-state index contributed by atoms with van der Waals surface area (Å²) >= 11 is 5.84. The van der Waals surface area contributed by atoms with Crippen LogP contribution in [0.5, 0.6) is 5.75 Å². The maximum absolute atomic E-state index is 12.9. The molecule has 0 aliphatic carbocycles. The van der Waals surface area contributed by atoms with E-state index in [0.29, 0.717) is 18.7 Å². The number of benzene rings is 2. The molecule has 116 valence electrons. The zero-order chi connectivity index (χ0) is 15.9. The summed E-state index contributed by atoms with van der Waals surface area (Å²) in [6, 6.07) is 11.7. The first kappa shape index (κ1) is 16.3. The number of hydrogen-bond donors (Lipinski definition) is 1. The van der Waals surface area contributed by atoms with Crippen molar-refractivity contribution in [1.82, 2.24) is 5.32 Å². The molecule has 1 N–H and O–H groups in total. The summed E-state index contributed by atoms with van der Waals surface area (Å²) in [5.41, 5.74) is 2.12. The molecule has 0 radical (unpaired) electrons. The van der Waals surface area contributed by atoms with Crippen LogP contribution in [0.3, 0.4) is 0 Å². The molecule has 2 rings (SSSR count). The fraction of sp³-hybridized carbons (Fsp3) is 0.235. The van der Waals surface area contributed by atoms with Gasteiger partial charge < -0.3 is 10.1 Å². The van der Waals surface area contributed by atoms with Crippen LogP contribution in [-0.4, -0.2) is 19.1 Å². The van der Waals surface area contributed by atoms with Crippen molar-refractivity contribution in [3.63, 3.8) is 0 Å². The Kier molecular flexibility index (Phi) is 5.78. The van der Waals surface area contributed by atoms with Gasteiger partial charge in [-0.25, -0.2) is 4.39 Å². The zero-order valence-electron chi connectivity index (χ0n) is 12.2. The van der Waals surface area contributed by atoms with E-state index in [1.807, 2.05) is 31.2 Å². The summed E-state index contributed by atoms with van der Waals surface area (Å²) in [5.74, 6) is -0.0859. The minimum absolute atomic E-state index is 0.0716. The van der Waals surface area contributed by atoms with E-state index in [1.165, 1.54) is 18.2 Å². The van der Waals surface area contributed by atoms with Crippen molar-refractivity contribution in [2.24, 2.45) is 0 Å². The Bertz CT molecular complexity index is 644. The number of aryl methyl sites for hydroxylation is 1. The van der Waals surface area contributed by atoms with E-state index in [4.69, 9.17) is 16.3 Å². The summed E-state index contributed by atoms with van der Waals surface area (Å²) in [7, 11) is 0. The van der Waals surface area contributed by atoms with Crippen molar-refractivity contribution >= 4 is 17.5 Å². The van der Waals surface area contributed by atoms with Crippen molar-refractivity contribution in [3.8, 4) is 5.75 Å². The van der Waals surface area contributed by atoms with Gasteiger partial charge in [0.2, 0.25) is 5.91 Å². The molecule has 0 aliphatic rings. The lowest BCUT2D eigenvalue weighted by Gasteiger charge is -2.09. The van der Waals surface area contributed by atoms with E-state index in [0.717, 1.165) is 11.1 Å². The molecule has 2 aromatic carbocycles. The molecule has 0 aromatic heterocycles. The molecular weight excluding hydrogens is 305 g/mol. The second-order valence-electron chi connectivity index (χ2n) is 4.94. The Hall–Kier alpha value is -2.07. The fourth-order valence-corrected chi connectivity index (χ4v) is 2.12. The maximum Gasteiger partial charge on any atom is 0.224 e. The molecule has 3 nitrogen and oxygen atoms in total. The van der Waals surface area contributed by atoms with Crippen molar-refractivity contribution < 1.29 is 13.9 Å². The van der Waals surface area contributed by atoms with Gasteiger partial charge in [-0.05, 0) is 30.7 Å². The number of amides is 1. The van der Waals surface area contributed by atoms with Gasteiger partial charge in [-0.2, -0.15) is 0 Å². The lowest BCUT2D eigenvalue weighted by atomic mass is 10.1. The first-order valence-electron chi connectivity index (χ1n) is 6.94. The normalized spacial score (nSPS) is 10.3. The summed E-state index contributed by atoms with van der Waals surface area (Å²) in [6.45, 7) is 2.63. The van der Waals surface area contributed by atoms with Crippen LogP contribution in [0, 0.1) is 12.7 Å². The van der Waals surface area contributed by atoms with Crippen LogP contribution < -0.4 is 10.1 Å². The predicted octanol–water partition coefficient (Wildman–Crippen LogP) is 3.53. The van der Waals surface area contributed by atoms with Gasteiger partial charge in [0, 0.05) is 0 Å². The third-order valence-corrected chi connectivity index (χ3v) is 3.36. The average molecular weight is 322 g/mol. The molecule has 2 aromatic rings. The highest BCUT2D eigenvalue weighted by Gasteiger charge is 2.05. The highest BCUT2D eigenvalue weighted by atomic mass is 35.5. The standard InChI is InChI=1S/C17H17ClFNO2/c1-12-2-4-13(5-3-12)10-17(21)20-8-9-22-16-7-6-14(19)11-15(16)18/h2-7,11H,8-10H2,1H3,(H,20,21). The Balaban J connectivity index is 1.72. The van der Waals surface area contributed by atoms with Gasteiger partial charge in [0.05, 0.1) is 18.0 Å². The van der Waals surface area contributed by atoms with Gasteiger partial charge in [0.15, 0.2) is 0 Å². The Morgan fingerprint density at radius 1 is 1.23 bits per heavy atom. The minimum atomic E-state index is -0.413. The smallest absolute Gasteiger partial charge is 0.224 e. The fourth-order valence-electron chi connectivity index (χ4n) is 1.90. The Morgan fingerprint density at radius 2 is 1.95 bits per heavy atom. The van der Waals surface area contributed by atoms with E-state index in [1.54, 1.807) is 0 Å². The number of rotatable bonds is 6. The van der Waals surface area contributed by atoms with E-state index < -0.39 is 5.82 Å². The molecule has 22 heavy (non-hydrogen) atoms. The molecule has 5 heteroatoms. The van der Waals surface area contributed by atoms with Crippen LogP contribution in [0.25, 0.3) is 0 Å². The highest BCUT2D eigenvalue weighted by Crippen LogP contribution is 2.24. The first-order valence-corrected chi connectivity index (χ1v) is 7.32. The summed E-state index contributed by atoms with van der Waals surface area (Å²) in [5, 5.41) is 2.98. The first-order chi connectivity index (χ1) is 10.5. The molecule has 0 fully saturated rings. The van der Waals surface area contributed by atoms with Gasteiger partial charge in [-0.15, -0.1) is 0 Å². The number of carbonyl (C=O) groups is 1. The number of hydrogen-bond acceptors (Lipinski definition) is 2. The van der Waals surface area contributed by atoms with Crippen LogP contribution in [-0.2, 0) is 11.2 Å². The van der Waals surface area contributed by atoms with Gasteiger partial charge in [-0.3, -0.25) is 4.79 Å². The van der Waals surface area contributed by atoms with Gasteiger partial charge >= 0.3 is 0 Å². The molecular formula is C17H17ClFNO2. The number of ether oxygens (including phenoxy) is 1. The van der Waals surface area contributed by atoms with Crippen LogP contribution in [0.4, 0.5) is 4.39 Å². The third-order valence-electron chi connectivity index (χ3n) is 3.06. The Morgan fingerprint density at radius 3 is 2.64 bits per heavy atom. The summed E-state index contributed by atoms with van der Waals surface area (Å²) in [4.78, 5) is 11.8. The molecule has 0 saturated heterocycles. The predicted molar refractivity (Wildman–Crippen MR) is 84.8 cm³/mol. The van der Waals surface area contributed by atoms with E-state index in [2.05, 4.69) is 5.32 Å². The second-order valence-corrected chi connectivity index (χ2v) is 5.34. The molecule has 0 spiro atoms. The average Bonchev–Trinajstić information content (AvgIpc) is 2.48. The van der Waals surface area contributed by atoms with E-state index in [-0.39, 0.29) is 17.5 Å². The van der Waals surface area contributed by atoms with Gasteiger partial charge in [0.1, 0.15) is 18.2 Å². The minimum Gasteiger partial charge on any atom is -0.490 e. The number of nitrogens with one attached hydrogen (secondary N) is 1. The van der Waals surface area contributed by atoms with Gasteiger partial charge in [0.25, 0.3) is 0 Å². The number of carbonyl (C=O) groups excluding carboxylic acids is 1. The molecule has 0 bridgehead atoms. The highest BCUT2D eigenvalue weighted by molar-refractivity contribution is 6.32. The summed E-state index contributed by atoms with van der Waals surface area (Å²) in [6.07, 6.45) is 0.331. The van der Waals surface area contributed by atoms with E-state index >= 15 is 0 Å². The van der Waals surface area contributed by atoms with Crippen molar-refractivity contribution in [3.05, 3.63) is 64.4 Å². The largest absolute Gasteiger partial charge is 0.490 e. The molecule has 0 saturated carbocycles. The Labute approximate surface area is 134 Å². The molecule has 0 unspecified atom stereocenters. The quantitative estimate of drug-likeness (QED) is 0.827.